The molecule has 0 aliphatic carbocycles. The maximum absolute atomic E-state index is 11.0. The summed E-state index contributed by atoms with van der Waals surface area (Å²) in [5.41, 5.74) is 0. The van der Waals surface area contributed by atoms with Gasteiger partial charge in [-0.3, -0.25) is 4.79 Å². The molecule has 0 aromatic rings. The molecule has 0 bridgehead atoms. The summed E-state index contributed by atoms with van der Waals surface area (Å²) in [5.74, 6) is -0.157. The van der Waals surface area contributed by atoms with Crippen LogP contribution in [0.3, 0.4) is 0 Å². The fraction of sp³-hybridized carbons (Fsp3) is 0.500. The predicted molar refractivity (Wildman–Crippen MR) is 59.9 cm³/mol. The number of allylic oxidation sites excluding steroid dienone is 2. The van der Waals surface area contributed by atoms with E-state index in [4.69, 9.17) is 12.2 Å². The van der Waals surface area contributed by atoms with Crippen LogP contribution in [0.15, 0.2) is 10.7 Å². The van der Waals surface area contributed by atoms with Crippen molar-refractivity contribution in [2.45, 2.75) is 13.8 Å². The van der Waals surface area contributed by atoms with Gasteiger partial charge in [0.05, 0.1) is 4.91 Å². The van der Waals surface area contributed by atoms with E-state index in [-0.39, 0.29) is 11.5 Å². The van der Waals surface area contributed by atoms with E-state index in [0.29, 0.717) is 9.23 Å². The minimum absolute atomic E-state index is 0.0155. The number of Topliss-reactive ketones (excluding diaryl/α,β-unsaturated/α-hetero) is 1. The predicted octanol–water partition coefficient (Wildman–Crippen LogP) is 1.94. The van der Waals surface area contributed by atoms with Crippen LogP contribution in [0, 0.1) is 0 Å². The monoisotopic (exact) mass is 219 g/mol. The van der Waals surface area contributed by atoms with Gasteiger partial charge < -0.3 is 10.0 Å². The van der Waals surface area contributed by atoms with Crippen molar-refractivity contribution < 1.29 is 9.90 Å². The zero-order chi connectivity index (χ0) is 10.6. The molecular formula is C8H13NO2S2. The third kappa shape index (κ3) is 4.28. The first-order valence-electron chi connectivity index (χ1n) is 3.66. The molecule has 0 spiro atoms. The van der Waals surface area contributed by atoms with Crippen LogP contribution in [0.5, 0.6) is 0 Å². The fourth-order valence-corrected chi connectivity index (χ4v) is 1.48. The second-order valence-corrected chi connectivity index (χ2v) is 4.38. The van der Waals surface area contributed by atoms with Crippen LogP contribution in [-0.2, 0) is 4.79 Å². The summed E-state index contributed by atoms with van der Waals surface area (Å²) in [7, 11) is 3.58. The van der Waals surface area contributed by atoms with Crippen molar-refractivity contribution in [2.24, 2.45) is 0 Å². The molecule has 0 aromatic heterocycles. The summed E-state index contributed by atoms with van der Waals surface area (Å²) >= 11 is 6.09. The molecule has 0 atom stereocenters. The number of ketones is 1. The minimum atomic E-state index is -0.172. The van der Waals surface area contributed by atoms with Crippen LogP contribution in [-0.4, -0.2) is 34.2 Å². The second-order valence-electron chi connectivity index (χ2n) is 2.73. The molecule has 0 unspecified atom stereocenters. The zero-order valence-electron chi connectivity index (χ0n) is 8.12. The molecule has 74 valence electrons. The molecule has 0 fully saturated rings. The molecule has 0 saturated heterocycles. The number of thioether (sulfide) groups is 1. The standard InChI is InChI=1S/C8H13NO2S2/c1-5(10)7(6(2)11)13-8(12)9(3)4/h10H,1-4H3/b7-5+. The summed E-state index contributed by atoms with van der Waals surface area (Å²) in [4.78, 5) is 13.0. The molecule has 13 heavy (non-hydrogen) atoms. The average molecular weight is 219 g/mol. The third-order valence-corrected chi connectivity index (χ3v) is 3.14. The van der Waals surface area contributed by atoms with E-state index in [1.165, 1.54) is 13.8 Å². The van der Waals surface area contributed by atoms with Crippen LogP contribution in [0.1, 0.15) is 13.8 Å². The van der Waals surface area contributed by atoms with Gasteiger partial charge in [-0.15, -0.1) is 0 Å². The number of rotatable bonds is 2. The molecule has 3 nitrogen and oxygen atoms in total. The Labute approximate surface area is 87.8 Å². The van der Waals surface area contributed by atoms with E-state index in [1.54, 1.807) is 19.0 Å². The van der Waals surface area contributed by atoms with Crippen LogP contribution < -0.4 is 0 Å². The Kier molecular flexibility index (Phi) is 5.02. The van der Waals surface area contributed by atoms with E-state index in [2.05, 4.69) is 0 Å². The SMILES string of the molecule is CC(=O)/C(SC(=S)N(C)C)=C(/C)O. The van der Waals surface area contributed by atoms with Crippen LogP contribution in [0.25, 0.3) is 0 Å². The number of carbonyl (C=O) groups excluding carboxylic acids is 1. The highest BCUT2D eigenvalue weighted by Crippen LogP contribution is 2.22. The Hall–Kier alpha value is -0.550. The van der Waals surface area contributed by atoms with Gasteiger partial charge in [0, 0.05) is 14.1 Å². The Bertz CT molecular complexity index is 255. The maximum atomic E-state index is 11.0. The third-order valence-electron chi connectivity index (χ3n) is 1.20. The lowest BCUT2D eigenvalue weighted by Crippen LogP contribution is -2.17. The molecule has 0 aliphatic rings. The van der Waals surface area contributed by atoms with Gasteiger partial charge in [0.1, 0.15) is 10.1 Å². The second kappa shape index (κ2) is 5.24. The molecule has 1 N–H and O–H groups in total. The molecule has 0 saturated carbocycles. The normalized spacial score (nSPS) is 12.0. The van der Waals surface area contributed by atoms with Crippen molar-refractivity contribution in [2.75, 3.05) is 14.1 Å². The van der Waals surface area contributed by atoms with Crippen molar-refractivity contribution in [1.29, 1.82) is 0 Å². The van der Waals surface area contributed by atoms with Crippen LogP contribution in [0.4, 0.5) is 0 Å². The topological polar surface area (TPSA) is 40.5 Å². The number of carbonyl (C=O) groups is 1. The summed E-state index contributed by atoms with van der Waals surface area (Å²) in [6, 6.07) is 0. The van der Waals surface area contributed by atoms with Crippen molar-refractivity contribution >= 4 is 34.1 Å². The number of aliphatic hydroxyl groups is 1. The molecule has 0 amide bonds. The maximum Gasteiger partial charge on any atom is 0.169 e. The quantitative estimate of drug-likeness (QED) is 0.437. The molecule has 5 heteroatoms. The molecule has 0 radical (unpaired) electrons. The van der Waals surface area contributed by atoms with Gasteiger partial charge in [0.15, 0.2) is 5.78 Å². The highest BCUT2D eigenvalue weighted by atomic mass is 32.2. The van der Waals surface area contributed by atoms with E-state index in [9.17, 15) is 9.90 Å². The number of hydrogen-bond acceptors (Lipinski definition) is 4. The fourth-order valence-electron chi connectivity index (χ4n) is 0.579. The highest BCUT2D eigenvalue weighted by Gasteiger charge is 2.12. The molecule has 0 rings (SSSR count). The van der Waals surface area contributed by atoms with E-state index < -0.39 is 0 Å². The lowest BCUT2D eigenvalue weighted by Gasteiger charge is -2.13. The summed E-state index contributed by atoms with van der Waals surface area (Å²) in [5, 5.41) is 9.17. The van der Waals surface area contributed by atoms with Gasteiger partial charge in [0.25, 0.3) is 0 Å². The summed E-state index contributed by atoms with van der Waals surface area (Å²) in [6.45, 7) is 2.88. The zero-order valence-corrected chi connectivity index (χ0v) is 9.75. The van der Waals surface area contributed by atoms with Gasteiger partial charge >= 0.3 is 0 Å². The molecule has 0 aliphatic heterocycles. The Morgan fingerprint density at radius 2 is 1.85 bits per heavy atom. The first kappa shape index (κ1) is 12.4. The van der Waals surface area contributed by atoms with Gasteiger partial charge in [-0.2, -0.15) is 0 Å². The largest absolute Gasteiger partial charge is 0.511 e. The van der Waals surface area contributed by atoms with E-state index in [0.717, 1.165) is 11.8 Å². The van der Waals surface area contributed by atoms with Crippen molar-refractivity contribution in [1.82, 2.24) is 4.90 Å². The Morgan fingerprint density at radius 1 is 1.38 bits per heavy atom. The van der Waals surface area contributed by atoms with E-state index >= 15 is 0 Å². The molecule has 0 aromatic carbocycles. The average Bonchev–Trinajstić information content (AvgIpc) is 1.97. The Balaban J connectivity index is 4.57. The van der Waals surface area contributed by atoms with Gasteiger partial charge in [-0.05, 0) is 13.8 Å². The van der Waals surface area contributed by atoms with Crippen LogP contribution >= 0.6 is 24.0 Å². The van der Waals surface area contributed by atoms with Gasteiger partial charge in [-0.25, -0.2) is 0 Å². The lowest BCUT2D eigenvalue weighted by molar-refractivity contribution is -0.113. The summed E-state index contributed by atoms with van der Waals surface area (Å²) < 4.78 is 0.554. The lowest BCUT2D eigenvalue weighted by atomic mass is 10.4. The number of hydrogen-bond donors (Lipinski definition) is 1. The minimum Gasteiger partial charge on any atom is -0.511 e. The van der Waals surface area contributed by atoms with Crippen molar-refractivity contribution in [3.05, 3.63) is 10.7 Å². The first-order chi connectivity index (χ1) is 5.86. The van der Waals surface area contributed by atoms with Crippen LogP contribution in [0.2, 0.25) is 0 Å². The highest BCUT2D eigenvalue weighted by molar-refractivity contribution is 8.26. The van der Waals surface area contributed by atoms with Gasteiger partial charge in [0.2, 0.25) is 0 Å². The van der Waals surface area contributed by atoms with Gasteiger partial charge in [-0.1, -0.05) is 24.0 Å². The van der Waals surface area contributed by atoms with E-state index in [1.807, 2.05) is 0 Å². The number of aliphatic hydroxyl groups excluding tert-OH is 1. The number of thiocarbonyl (C=S) groups is 1. The smallest absolute Gasteiger partial charge is 0.169 e. The summed E-state index contributed by atoms with van der Waals surface area (Å²) in [6.07, 6.45) is 0. The number of nitrogens with zero attached hydrogens (tertiary/aromatic N) is 1. The molecular weight excluding hydrogens is 206 g/mol. The van der Waals surface area contributed by atoms with Crippen molar-refractivity contribution in [3.8, 4) is 0 Å². The Morgan fingerprint density at radius 3 is 2.08 bits per heavy atom. The first-order valence-corrected chi connectivity index (χ1v) is 4.88. The molecule has 0 heterocycles. The van der Waals surface area contributed by atoms with Crippen molar-refractivity contribution in [3.63, 3.8) is 0 Å².